The molecule has 0 amide bonds. The molecular formula is C13H17F3IN3O2. The molecule has 0 radical (unpaired) electrons. The number of nitrogens with one attached hydrogen (secondary N) is 1. The number of aliphatic imine (C=N–C) groups is 1. The second kappa shape index (κ2) is 8.42. The minimum atomic E-state index is -4.72. The Labute approximate surface area is 143 Å². The maximum atomic E-state index is 12.1. The Morgan fingerprint density at radius 2 is 2.23 bits per heavy atom. The van der Waals surface area contributed by atoms with Crippen molar-refractivity contribution in [2.45, 2.75) is 25.3 Å². The highest BCUT2D eigenvalue weighted by Gasteiger charge is 2.31. The van der Waals surface area contributed by atoms with Gasteiger partial charge in [0.25, 0.3) is 0 Å². The highest BCUT2D eigenvalue weighted by atomic mass is 127. The zero-order valence-electron chi connectivity index (χ0n) is 11.6. The molecule has 1 aliphatic rings. The molecular weight excluding hydrogens is 414 g/mol. The van der Waals surface area contributed by atoms with Gasteiger partial charge in [0.05, 0.1) is 12.6 Å². The van der Waals surface area contributed by atoms with Crippen molar-refractivity contribution in [3.8, 4) is 5.75 Å². The smallest absolute Gasteiger partial charge is 0.406 e. The van der Waals surface area contributed by atoms with Gasteiger partial charge in [-0.3, -0.25) is 4.99 Å². The van der Waals surface area contributed by atoms with E-state index in [-0.39, 0.29) is 41.8 Å². The van der Waals surface area contributed by atoms with E-state index >= 15 is 0 Å². The van der Waals surface area contributed by atoms with E-state index in [4.69, 9.17) is 10.5 Å². The van der Waals surface area contributed by atoms with Crippen LogP contribution in [0.2, 0.25) is 0 Å². The van der Waals surface area contributed by atoms with Crippen LogP contribution < -0.4 is 15.8 Å². The molecule has 2 rings (SSSR count). The van der Waals surface area contributed by atoms with Crippen LogP contribution in [0.15, 0.2) is 29.3 Å². The van der Waals surface area contributed by atoms with Crippen LogP contribution in [0.25, 0.3) is 0 Å². The second-order valence-corrected chi connectivity index (χ2v) is 4.56. The van der Waals surface area contributed by atoms with Crippen LogP contribution in [0.3, 0.4) is 0 Å². The summed E-state index contributed by atoms with van der Waals surface area (Å²) in [6, 6.07) is 5.40. The minimum absolute atomic E-state index is 0. The van der Waals surface area contributed by atoms with Gasteiger partial charge < -0.3 is 20.5 Å². The molecule has 1 heterocycles. The maximum Gasteiger partial charge on any atom is 0.573 e. The molecule has 3 N–H and O–H groups in total. The first-order valence-corrected chi connectivity index (χ1v) is 6.47. The molecule has 1 aromatic rings. The van der Waals surface area contributed by atoms with Gasteiger partial charge in [0.1, 0.15) is 5.75 Å². The molecule has 1 fully saturated rings. The Hall–Kier alpha value is -1.23. The first-order chi connectivity index (χ1) is 9.92. The largest absolute Gasteiger partial charge is 0.573 e. The number of halogens is 4. The van der Waals surface area contributed by atoms with Crippen molar-refractivity contribution in [1.82, 2.24) is 0 Å². The number of ether oxygens (including phenoxy) is 2. The molecule has 1 aliphatic heterocycles. The van der Waals surface area contributed by atoms with E-state index < -0.39 is 6.36 Å². The fourth-order valence-corrected chi connectivity index (χ4v) is 1.95. The number of hydrogen-bond acceptors (Lipinski definition) is 3. The van der Waals surface area contributed by atoms with E-state index in [0.29, 0.717) is 12.2 Å². The highest BCUT2D eigenvalue weighted by Crippen LogP contribution is 2.24. The lowest BCUT2D eigenvalue weighted by molar-refractivity contribution is -0.274. The van der Waals surface area contributed by atoms with E-state index in [1.165, 1.54) is 18.2 Å². The number of anilines is 1. The predicted molar refractivity (Wildman–Crippen MR) is 87.6 cm³/mol. The summed E-state index contributed by atoms with van der Waals surface area (Å²) in [6.07, 6.45) is -2.72. The van der Waals surface area contributed by atoms with Gasteiger partial charge >= 0.3 is 6.36 Å². The molecule has 0 spiro atoms. The van der Waals surface area contributed by atoms with Gasteiger partial charge in [-0.1, -0.05) is 6.07 Å². The van der Waals surface area contributed by atoms with Crippen LogP contribution in [0, 0.1) is 0 Å². The van der Waals surface area contributed by atoms with Gasteiger partial charge in [0, 0.05) is 18.4 Å². The lowest BCUT2D eigenvalue weighted by Gasteiger charge is -2.11. The normalized spacial score (nSPS) is 18.7. The van der Waals surface area contributed by atoms with E-state index in [1.54, 1.807) is 6.07 Å². The maximum absolute atomic E-state index is 12.1. The Balaban J connectivity index is 0.00000242. The molecule has 22 heavy (non-hydrogen) atoms. The molecule has 1 aromatic carbocycles. The molecule has 0 bridgehead atoms. The lowest BCUT2D eigenvalue weighted by atomic mass is 10.2. The summed E-state index contributed by atoms with van der Waals surface area (Å²) in [5.74, 6) is -0.200. The number of rotatable bonds is 4. The third-order valence-electron chi connectivity index (χ3n) is 2.83. The summed E-state index contributed by atoms with van der Waals surface area (Å²) in [5, 5.41) is 2.72. The minimum Gasteiger partial charge on any atom is -0.406 e. The summed E-state index contributed by atoms with van der Waals surface area (Å²) in [4.78, 5) is 4.10. The molecule has 0 aliphatic carbocycles. The van der Waals surface area contributed by atoms with E-state index in [0.717, 1.165) is 19.4 Å². The predicted octanol–water partition coefficient (Wildman–Crippen LogP) is 3.11. The number of nitrogens with two attached hydrogens (primary N) is 1. The van der Waals surface area contributed by atoms with Gasteiger partial charge in [-0.25, -0.2) is 0 Å². The van der Waals surface area contributed by atoms with Crippen molar-refractivity contribution in [3.63, 3.8) is 0 Å². The van der Waals surface area contributed by atoms with Gasteiger partial charge in [0.15, 0.2) is 5.96 Å². The summed E-state index contributed by atoms with van der Waals surface area (Å²) in [7, 11) is 0. The lowest BCUT2D eigenvalue weighted by Crippen LogP contribution is -2.24. The van der Waals surface area contributed by atoms with Crippen molar-refractivity contribution in [2.75, 3.05) is 18.5 Å². The van der Waals surface area contributed by atoms with Crippen LogP contribution in [0.1, 0.15) is 12.8 Å². The van der Waals surface area contributed by atoms with Crippen LogP contribution in [-0.2, 0) is 4.74 Å². The van der Waals surface area contributed by atoms with Crippen molar-refractivity contribution < 1.29 is 22.6 Å². The molecule has 0 saturated carbocycles. The zero-order chi connectivity index (χ0) is 15.3. The van der Waals surface area contributed by atoms with Crippen LogP contribution in [0.5, 0.6) is 5.75 Å². The average molecular weight is 431 g/mol. The average Bonchev–Trinajstić information content (AvgIpc) is 2.87. The van der Waals surface area contributed by atoms with Crippen molar-refractivity contribution in [1.29, 1.82) is 0 Å². The van der Waals surface area contributed by atoms with Crippen LogP contribution in [-0.4, -0.2) is 31.6 Å². The topological polar surface area (TPSA) is 68.9 Å². The van der Waals surface area contributed by atoms with Crippen LogP contribution in [0.4, 0.5) is 18.9 Å². The summed E-state index contributed by atoms with van der Waals surface area (Å²) in [5.41, 5.74) is 6.05. The highest BCUT2D eigenvalue weighted by molar-refractivity contribution is 14.0. The van der Waals surface area contributed by atoms with Gasteiger partial charge in [-0.15, -0.1) is 37.1 Å². The quantitative estimate of drug-likeness (QED) is 0.437. The first kappa shape index (κ1) is 18.8. The van der Waals surface area contributed by atoms with Crippen molar-refractivity contribution >= 4 is 35.6 Å². The number of benzene rings is 1. The van der Waals surface area contributed by atoms with Gasteiger partial charge in [0.2, 0.25) is 0 Å². The van der Waals surface area contributed by atoms with Crippen LogP contribution >= 0.6 is 24.0 Å². The number of alkyl halides is 3. The first-order valence-electron chi connectivity index (χ1n) is 6.47. The third kappa shape index (κ3) is 6.69. The molecule has 1 unspecified atom stereocenters. The van der Waals surface area contributed by atoms with Crippen molar-refractivity contribution in [2.24, 2.45) is 10.7 Å². The molecule has 5 nitrogen and oxygen atoms in total. The molecule has 124 valence electrons. The fourth-order valence-electron chi connectivity index (χ4n) is 1.95. The summed E-state index contributed by atoms with van der Waals surface area (Å²) < 4.78 is 45.6. The van der Waals surface area contributed by atoms with E-state index in [1.807, 2.05) is 0 Å². The van der Waals surface area contributed by atoms with Crippen molar-refractivity contribution in [3.05, 3.63) is 24.3 Å². The SMILES string of the molecule is I.NC(=NCC1CCCO1)Nc1cccc(OC(F)(F)F)c1. The Bertz CT molecular complexity index is 506. The van der Waals surface area contributed by atoms with Gasteiger partial charge in [-0.2, -0.15) is 0 Å². The molecule has 9 heteroatoms. The van der Waals surface area contributed by atoms with E-state index in [2.05, 4.69) is 15.0 Å². The Morgan fingerprint density at radius 3 is 2.86 bits per heavy atom. The molecule has 1 atom stereocenters. The third-order valence-corrected chi connectivity index (χ3v) is 2.83. The Morgan fingerprint density at radius 1 is 1.45 bits per heavy atom. The summed E-state index contributed by atoms with van der Waals surface area (Å²) in [6.45, 7) is 1.15. The molecule has 1 saturated heterocycles. The second-order valence-electron chi connectivity index (χ2n) is 4.56. The zero-order valence-corrected chi connectivity index (χ0v) is 13.9. The monoisotopic (exact) mass is 431 g/mol. The van der Waals surface area contributed by atoms with E-state index in [9.17, 15) is 13.2 Å². The fraction of sp³-hybridized carbons (Fsp3) is 0.462. The summed E-state index contributed by atoms with van der Waals surface area (Å²) >= 11 is 0. The molecule has 0 aromatic heterocycles. The standard InChI is InChI=1S/C13H16F3N3O2.HI/c14-13(15,16)21-10-4-1-3-9(7-10)19-12(17)18-8-11-5-2-6-20-11;/h1,3-4,7,11H,2,5-6,8H2,(H3,17,18,19);1H. The number of guanidine groups is 1. The number of nitrogens with zero attached hydrogens (tertiary/aromatic N) is 1. The Kier molecular flexibility index (Phi) is 7.20. The van der Waals surface area contributed by atoms with Gasteiger partial charge in [-0.05, 0) is 25.0 Å². The number of hydrogen-bond donors (Lipinski definition) is 2.